The summed E-state index contributed by atoms with van der Waals surface area (Å²) in [5.41, 5.74) is 0.0896. The molecule has 0 aliphatic heterocycles. The van der Waals surface area contributed by atoms with Gasteiger partial charge in [-0.15, -0.1) is 0 Å². The average molecular weight is 1250 g/mol. The van der Waals surface area contributed by atoms with Gasteiger partial charge in [0.1, 0.15) is 36.2 Å². The molecule has 78 heavy (non-hydrogen) atoms. The molecular formula is C37H31N11Na6O18S6. The van der Waals surface area contributed by atoms with Crippen molar-refractivity contribution in [3.05, 3.63) is 89.7 Å². The van der Waals surface area contributed by atoms with Gasteiger partial charge in [-0.05, 0) is 92.6 Å². The van der Waals surface area contributed by atoms with E-state index in [-0.39, 0.29) is 256 Å². The van der Waals surface area contributed by atoms with Gasteiger partial charge in [-0.25, -0.2) is 25.3 Å². The fourth-order valence-electron chi connectivity index (χ4n) is 6.05. The molecule has 0 bridgehead atoms. The summed E-state index contributed by atoms with van der Waals surface area (Å²) in [6, 6.07) is 14.5. The first-order valence-electron chi connectivity index (χ1n) is 19.5. The SMILES string of the molecule is CCN(CC)c1nc(Nc2ccc(C=Cc3ccc(Nc4nc(C)nc(Nc5cc(SOO[O-])ccc5S(=O)(=O)[O-])n4)cc3S(=O)(=O)[O-])c(SOO[O-])c2)nc(Nc2cc(S(=O)(=O)[O-])ccc2SOO[O-])n1.[Na+].[Na+].[Na+].[Na+].[Na+].[Na+]. The van der Waals surface area contributed by atoms with Crippen LogP contribution in [0.15, 0.2) is 102 Å². The number of anilines is 9. The van der Waals surface area contributed by atoms with Crippen LogP contribution in [0.2, 0.25) is 0 Å². The standard InChI is InChI=1S/C37H37N11O18S6.6Na/c1-4-48(5-2)37-46-35(45-36(47-37)42-27-19-26(70(52,53)54)13-14-29(27)68-65-62-50)40-23-10-8-21(30(16-23)69-66-63-51)6-7-22-9-11-24(17-32(22)72(58,59)60)41-33-38-20(3)39-34(44-33)43-28-18-25(67-64-61-49)12-15-31(28)71(55,56)57;;;;;;/h6-19,49-51H,4-5H2,1-3H3,(H,52,53,54)(H,55,56,57)(H,58,59,60)(H2,38,39,41,43,44)(H2,40,42,45,46,47);;;;;;/q;6*+1/p-6. The number of nitrogens with one attached hydrogen (secondary N) is 4. The minimum Gasteiger partial charge on any atom is -0.744 e. The van der Waals surface area contributed by atoms with Crippen molar-refractivity contribution < 1.29 is 260 Å². The molecule has 2 heterocycles. The molecule has 0 amide bonds. The molecule has 4 aromatic carbocycles. The van der Waals surface area contributed by atoms with E-state index in [0.29, 0.717) is 54.8 Å². The molecule has 41 heteroatoms. The molecule has 0 saturated heterocycles. The second-order valence-electron chi connectivity index (χ2n) is 13.7. The minimum absolute atomic E-state index is 0. The number of aryl methyl sites for hydroxylation is 1. The third kappa shape index (κ3) is 23.5. The fourth-order valence-corrected chi connectivity index (χ4v) is 9.19. The Morgan fingerprint density at radius 1 is 0.513 bits per heavy atom. The van der Waals surface area contributed by atoms with Crippen LogP contribution in [0, 0.1) is 6.92 Å². The third-order valence-electron chi connectivity index (χ3n) is 9.08. The van der Waals surface area contributed by atoms with E-state index in [9.17, 15) is 54.7 Å². The van der Waals surface area contributed by atoms with Crippen molar-refractivity contribution in [3.8, 4) is 0 Å². The second kappa shape index (κ2) is 36.8. The van der Waals surface area contributed by atoms with E-state index in [1.54, 1.807) is 4.90 Å². The van der Waals surface area contributed by atoms with Crippen LogP contribution in [-0.2, 0) is 58.5 Å². The van der Waals surface area contributed by atoms with Crippen LogP contribution in [0.3, 0.4) is 0 Å². The molecule has 29 nitrogen and oxygen atoms in total. The summed E-state index contributed by atoms with van der Waals surface area (Å²) in [4.78, 5) is 25.8. The topological polar surface area (TPSA) is 425 Å². The molecule has 0 spiro atoms. The maximum absolute atomic E-state index is 12.6. The van der Waals surface area contributed by atoms with E-state index >= 15 is 0 Å². The first kappa shape index (κ1) is 78.1. The molecule has 0 saturated carbocycles. The predicted octanol–water partition coefficient (Wildman–Crippen LogP) is -15.2. The number of hydrogen-bond donors (Lipinski definition) is 4. The quantitative estimate of drug-likeness (QED) is 0.0103. The monoisotopic (exact) mass is 1250 g/mol. The van der Waals surface area contributed by atoms with Gasteiger partial charge in [-0.1, -0.05) is 24.3 Å². The van der Waals surface area contributed by atoms with Gasteiger partial charge in [0, 0.05) is 34.3 Å². The summed E-state index contributed by atoms with van der Waals surface area (Å²) < 4.78 is 123. The number of nitrogens with zero attached hydrogens (tertiary/aromatic N) is 7. The number of hydrogen-bond acceptors (Lipinski definition) is 32. The molecule has 0 aliphatic carbocycles. The maximum Gasteiger partial charge on any atom is 1.00 e. The van der Waals surface area contributed by atoms with Crippen LogP contribution in [0.25, 0.3) is 12.2 Å². The van der Waals surface area contributed by atoms with Crippen molar-refractivity contribution in [2.45, 2.75) is 50.1 Å². The van der Waals surface area contributed by atoms with Crippen LogP contribution in [0.5, 0.6) is 0 Å². The minimum atomic E-state index is -5.19. The number of rotatable bonds is 25. The van der Waals surface area contributed by atoms with Crippen molar-refractivity contribution in [3.63, 3.8) is 0 Å². The van der Waals surface area contributed by atoms with Gasteiger partial charge in [-0.3, -0.25) is 15.1 Å². The summed E-state index contributed by atoms with van der Waals surface area (Å²) in [6.07, 6.45) is 2.68. The molecule has 6 rings (SSSR count). The molecule has 0 unspecified atom stereocenters. The van der Waals surface area contributed by atoms with Crippen LogP contribution >= 0.6 is 36.1 Å². The molecule has 2 aromatic heterocycles. The molecule has 384 valence electrons. The van der Waals surface area contributed by atoms with E-state index in [0.717, 1.165) is 30.3 Å². The summed E-state index contributed by atoms with van der Waals surface area (Å²) in [5.74, 6) is -0.558. The van der Waals surface area contributed by atoms with Crippen LogP contribution in [0.1, 0.15) is 30.8 Å². The van der Waals surface area contributed by atoms with Crippen LogP contribution < -0.4 is 219 Å². The van der Waals surface area contributed by atoms with Gasteiger partial charge in [-0.2, -0.15) is 42.9 Å². The van der Waals surface area contributed by atoms with Crippen molar-refractivity contribution >= 4 is 131 Å². The van der Waals surface area contributed by atoms with E-state index < -0.39 is 45.0 Å². The van der Waals surface area contributed by atoms with Crippen LogP contribution in [0.4, 0.5) is 52.5 Å². The smallest absolute Gasteiger partial charge is 0.744 e. The zero-order valence-corrected chi connectivity index (χ0v) is 59.3. The van der Waals surface area contributed by atoms with E-state index in [1.807, 2.05) is 13.8 Å². The van der Waals surface area contributed by atoms with Crippen LogP contribution in [-0.4, -0.2) is 81.9 Å². The molecule has 0 fully saturated rings. The zero-order valence-electron chi connectivity index (χ0n) is 42.4. The van der Waals surface area contributed by atoms with Crippen molar-refractivity contribution in [2.75, 3.05) is 39.3 Å². The molecule has 0 aliphatic rings. The first-order valence-corrected chi connectivity index (χ1v) is 26.0. The Morgan fingerprint density at radius 3 is 1.55 bits per heavy atom. The van der Waals surface area contributed by atoms with Gasteiger partial charge in [0.15, 0.2) is 0 Å². The summed E-state index contributed by atoms with van der Waals surface area (Å²) in [6.45, 7) is 5.96. The Labute approximate surface area is 591 Å². The summed E-state index contributed by atoms with van der Waals surface area (Å²) in [7, 11) is -15.2. The molecule has 4 N–H and O–H groups in total. The summed E-state index contributed by atoms with van der Waals surface area (Å²) >= 11 is 1.26. The molecule has 0 atom stereocenters. The van der Waals surface area contributed by atoms with Crippen molar-refractivity contribution in [1.82, 2.24) is 29.9 Å². The number of aromatic nitrogens is 6. The Bertz CT molecular complexity index is 3320. The Kier molecular flexibility index (Phi) is 36.8. The van der Waals surface area contributed by atoms with E-state index in [2.05, 4.69) is 79.3 Å². The molecule has 6 aromatic rings. The Balaban J connectivity index is 0.00000988. The molecule has 0 radical (unpaired) electrons. The Hall–Kier alpha value is 0.0600. The predicted molar refractivity (Wildman–Crippen MR) is 244 cm³/mol. The third-order valence-corrected chi connectivity index (χ3v) is 13.6. The largest absolute Gasteiger partial charge is 1.00 e. The fraction of sp³-hybridized carbons (Fsp3) is 0.135. The van der Waals surface area contributed by atoms with Gasteiger partial charge in [0.05, 0.1) is 67.1 Å². The average Bonchev–Trinajstić information content (AvgIpc) is 3.31. The summed E-state index contributed by atoms with van der Waals surface area (Å²) in [5, 5.41) is 53.2. The van der Waals surface area contributed by atoms with Gasteiger partial charge in [0.2, 0.25) is 29.7 Å². The zero-order chi connectivity index (χ0) is 52.2. The van der Waals surface area contributed by atoms with E-state index in [1.165, 1.54) is 61.5 Å². The van der Waals surface area contributed by atoms with Crippen molar-refractivity contribution in [2.24, 2.45) is 0 Å². The number of benzene rings is 4. The molecular weight excluding hydrogens is 1220 g/mol. The van der Waals surface area contributed by atoms with Crippen molar-refractivity contribution in [1.29, 1.82) is 0 Å². The van der Waals surface area contributed by atoms with E-state index in [4.69, 9.17) is 0 Å². The van der Waals surface area contributed by atoms with Gasteiger partial charge < -0.3 is 55.6 Å². The maximum atomic E-state index is 12.6. The normalized spacial score (nSPS) is 11.1. The van der Waals surface area contributed by atoms with Gasteiger partial charge >= 0.3 is 177 Å². The Morgan fingerprint density at radius 2 is 1.00 bits per heavy atom. The van der Waals surface area contributed by atoms with Gasteiger partial charge in [0.25, 0.3) is 0 Å². The first-order chi connectivity index (χ1) is 34.2. The second-order valence-corrected chi connectivity index (χ2v) is 20.0.